The number of imidazole rings is 1. The average Bonchev–Trinajstić information content (AvgIpc) is 2.98. The number of ether oxygens (including phenoxy) is 1. The van der Waals surface area contributed by atoms with Crippen molar-refractivity contribution < 1.29 is 14.9 Å². The second kappa shape index (κ2) is 5.54. The smallest absolute Gasteiger partial charge is 0.333 e. The Morgan fingerprint density at radius 1 is 1.52 bits per heavy atom. The molecule has 3 atom stereocenters. The van der Waals surface area contributed by atoms with Crippen molar-refractivity contribution in [1.29, 1.82) is 0 Å². The van der Waals surface area contributed by atoms with Crippen LogP contribution in [0.5, 0.6) is 0 Å². The highest BCUT2D eigenvalue weighted by Crippen LogP contribution is 2.29. The van der Waals surface area contributed by atoms with Crippen LogP contribution >= 0.6 is 0 Å². The fraction of sp³-hybridized carbons (Fsp3) is 0.462. The van der Waals surface area contributed by atoms with Gasteiger partial charge in [-0.3, -0.25) is 14.3 Å². The topological polar surface area (TPSA) is 148 Å². The molecule has 3 heterocycles. The van der Waals surface area contributed by atoms with Crippen LogP contribution in [0.15, 0.2) is 9.59 Å². The number of aromatic nitrogens is 4. The summed E-state index contributed by atoms with van der Waals surface area (Å²) < 4.78 is 7.57. The number of aliphatic hydroxyl groups excluding tert-OH is 2. The number of nitrogen functional groups attached to an aromatic ring is 1. The molecular weight excluding hydrogens is 306 g/mol. The normalized spacial score (nSPS) is 24.1. The van der Waals surface area contributed by atoms with Crippen LogP contribution in [0.2, 0.25) is 0 Å². The zero-order chi connectivity index (χ0) is 16.7. The SMILES string of the molecule is C#CCn1c(=O)n([C@@H]2O[C@H](CO)C[C@@H]2O)c2nc(N)[nH]c(=O)c21. The molecule has 1 aliphatic heterocycles. The Labute approximate surface area is 129 Å². The number of fused-ring (bicyclic) bond motifs is 1. The van der Waals surface area contributed by atoms with Gasteiger partial charge < -0.3 is 20.7 Å². The van der Waals surface area contributed by atoms with Gasteiger partial charge in [-0.25, -0.2) is 9.36 Å². The summed E-state index contributed by atoms with van der Waals surface area (Å²) in [5.41, 5.74) is 4.19. The van der Waals surface area contributed by atoms with Gasteiger partial charge in [0.05, 0.1) is 19.3 Å². The Balaban J connectivity index is 2.29. The van der Waals surface area contributed by atoms with Crippen molar-refractivity contribution in [2.24, 2.45) is 0 Å². The lowest BCUT2D eigenvalue weighted by Crippen LogP contribution is -2.32. The van der Waals surface area contributed by atoms with Crippen LogP contribution in [-0.4, -0.2) is 48.1 Å². The molecule has 2 aromatic rings. The number of terminal acetylenes is 1. The van der Waals surface area contributed by atoms with E-state index in [0.29, 0.717) is 0 Å². The highest BCUT2D eigenvalue weighted by atomic mass is 16.5. The van der Waals surface area contributed by atoms with E-state index < -0.39 is 29.7 Å². The third-order valence-corrected chi connectivity index (χ3v) is 3.70. The molecule has 10 heteroatoms. The molecule has 1 saturated heterocycles. The molecule has 0 spiro atoms. The van der Waals surface area contributed by atoms with E-state index in [1.807, 2.05) is 0 Å². The fourth-order valence-electron chi connectivity index (χ4n) is 2.75. The first-order valence-electron chi connectivity index (χ1n) is 6.86. The number of rotatable bonds is 3. The summed E-state index contributed by atoms with van der Waals surface area (Å²) in [5.74, 6) is 2.11. The van der Waals surface area contributed by atoms with Crippen LogP contribution in [0.4, 0.5) is 5.95 Å². The summed E-state index contributed by atoms with van der Waals surface area (Å²) in [4.78, 5) is 31.0. The van der Waals surface area contributed by atoms with Gasteiger partial charge in [-0.15, -0.1) is 6.42 Å². The Morgan fingerprint density at radius 3 is 2.87 bits per heavy atom. The fourth-order valence-corrected chi connectivity index (χ4v) is 2.75. The maximum absolute atomic E-state index is 12.6. The van der Waals surface area contributed by atoms with Crippen molar-refractivity contribution in [3.05, 3.63) is 20.8 Å². The lowest BCUT2D eigenvalue weighted by atomic mass is 10.2. The number of hydrogen-bond donors (Lipinski definition) is 4. The van der Waals surface area contributed by atoms with Gasteiger partial charge in [-0.2, -0.15) is 4.98 Å². The van der Waals surface area contributed by atoms with Gasteiger partial charge in [-0.05, 0) is 0 Å². The third kappa shape index (κ3) is 2.31. The zero-order valence-corrected chi connectivity index (χ0v) is 12.0. The summed E-state index contributed by atoms with van der Waals surface area (Å²) in [7, 11) is 0. The van der Waals surface area contributed by atoms with Crippen LogP contribution < -0.4 is 17.0 Å². The highest BCUT2D eigenvalue weighted by Gasteiger charge is 2.38. The van der Waals surface area contributed by atoms with Gasteiger partial charge in [0.25, 0.3) is 5.56 Å². The van der Waals surface area contributed by atoms with Gasteiger partial charge in [0, 0.05) is 6.42 Å². The molecular formula is C13H15N5O5. The molecule has 0 bridgehead atoms. The molecule has 0 radical (unpaired) electrons. The standard InChI is InChI=1S/C13H15N5O5/c1-2-3-17-8-9(15-12(14)16-10(8)21)18(13(17)22)11-7(20)4-6(5-19)23-11/h1,6-7,11,19-20H,3-5H2,(H3,14,15,16,21)/t6-,7-,11+/m0/s1. The molecule has 122 valence electrons. The van der Waals surface area contributed by atoms with E-state index in [4.69, 9.17) is 22.0 Å². The minimum absolute atomic E-state index is 0.0332. The van der Waals surface area contributed by atoms with E-state index in [9.17, 15) is 14.7 Å². The average molecular weight is 321 g/mol. The van der Waals surface area contributed by atoms with Crippen LogP contribution in [-0.2, 0) is 11.3 Å². The van der Waals surface area contributed by atoms with Gasteiger partial charge >= 0.3 is 5.69 Å². The molecule has 1 aliphatic rings. The largest absolute Gasteiger partial charge is 0.394 e. The zero-order valence-electron chi connectivity index (χ0n) is 12.0. The summed E-state index contributed by atoms with van der Waals surface area (Å²) in [5, 5.41) is 19.3. The van der Waals surface area contributed by atoms with Crippen molar-refractivity contribution in [3.8, 4) is 12.3 Å². The number of nitrogens with zero attached hydrogens (tertiary/aromatic N) is 3. The number of aliphatic hydroxyl groups is 2. The molecule has 0 aliphatic carbocycles. The molecule has 10 nitrogen and oxygen atoms in total. The number of hydrogen-bond acceptors (Lipinski definition) is 7. The van der Waals surface area contributed by atoms with E-state index in [-0.39, 0.29) is 36.7 Å². The molecule has 0 aromatic carbocycles. The first-order valence-corrected chi connectivity index (χ1v) is 6.86. The molecule has 0 unspecified atom stereocenters. The molecule has 3 rings (SSSR count). The first-order chi connectivity index (χ1) is 11.0. The lowest BCUT2D eigenvalue weighted by molar-refractivity contribution is -0.0505. The summed E-state index contributed by atoms with van der Waals surface area (Å²) in [6.45, 7) is -0.454. The van der Waals surface area contributed by atoms with Crippen LogP contribution in [0.1, 0.15) is 12.6 Å². The van der Waals surface area contributed by atoms with E-state index in [2.05, 4.69) is 15.9 Å². The van der Waals surface area contributed by atoms with Crippen molar-refractivity contribution in [3.63, 3.8) is 0 Å². The van der Waals surface area contributed by atoms with Crippen LogP contribution in [0.25, 0.3) is 11.2 Å². The second-order valence-corrected chi connectivity index (χ2v) is 5.20. The number of nitrogens with one attached hydrogen (secondary N) is 1. The van der Waals surface area contributed by atoms with Crippen molar-refractivity contribution >= 4 is 17.1 Å². The highest BCUT2D eigenvalue weighted by molar-refractivity contribution is 5.72. The minimum atomic E-state index is -1.09. The van der Waals surface area contributed by atoms with E-state index in [1.54, 1.807) is 0 Å². The van der Waals surface area contributed by atoms with Gasteiger partial charge in [0.1, 0.15) is 6.10 Å². The predicted molar refractivity (Wildman–Crippen MR) is 79.5 cm³/mol. The molecule has 23 heavy (non-hydrogen) atoms. The van der Waals surface area contributed by atoms with Crippen LogP contribution in [0, 0.1) is 12.3 Å². The molecule has 1 fully saturated rings. The molecule has 2 aromatic heterocycles. The monoisotopic (exact) mass is 321 g/mol. The summed E-state index contributed by atoms with van der Waals surface area (Å²) in [6, 6.07) is 0. The third-order valence-electron chi connectivity index (χ3n) is 3.70. The van der Waals surface area contributed by atoms with E-state index >= 15 is 0 Å². The van der Waals surface area contributed by atoms with E-state index in [1.165, 1.54) is 0 Å². The van der Waals surface area contributed by atoms with Crippen molar-refractivity contribution in [1.82, 2.24) is 19.1 Å². The Bertz CT molecular complexity index is 904. The summed E-state index contributed by atoms with van der Waals surface area (Å²) in [6.07, 6.45) is 2.64. The number of nitrogens with two attached hydrogens (primary N) is 1. The molecule has 5 N–H and O–H groups in total. The Hall–Kier alpha value is -2.61. The van der Waals surface area contributed by atoms with Gasteiger partial charge in [0.2, 0.25) is 5.95 Å². The van der Waals surface area contributed by atoms with Crippen molar-refractivity contribution in [2.75, 3.05) is 12.3 Å². The maximum atomic E-state index is 12.6. The molecule has 0 saturated carbocycles. The Morgan fingerprint density at radius 2 is 2.26 bits per heavy atom. The predicted octanol–water partition coefficient (Wildman–Crippen LogP) is -2.26. The van der Waals surface area contributed by atoms with Crippen molar-refractivity contribution in [2.45, 2.75) is 31.4 Å². The van der Waals surface area contributed by atoms with Gasteiger partial charge in [0.15, 0.2) is 17.4 Å². The van der Waals surface area contributed by atoms with E-state index in [0.717, 1.165) is 9.13 Å². The van der Waals surface area contributed by atoms with Gasteiger partial charge in [-0.1, -0.05) is 5.92 Å². The molecule has 0 amide bonds. The minimum Gasteiger partial charge on any atom is -0.394 e. The Kier molecular flexibility index (Phi) is 3.69. The number of anilines is 1. The van der Waals surface area contributed by atoms with Crippen LogP contribution in [0.3, 0.4) is 0 Å². The first kappa shape index (κ1) is 15.3. The maximum Gasteiger partial charge on any atom is 0.333 e. The number of H-pyrrole nitrogens is 1. The summed E-state index contributed by atoms with van der Waals surface area (Å²) >= 11 is 0. The second-order valence-electron chi connectivity index (χ2n) is 5.20. The quantitative estimate of drug-likeness (QED) is 0.466. The lowest BCUT2D eigenvalue weighted by Gasteiger charge is -2.15. The number of aromatic amines is 1.